The Morgan fingerprint density at radius 1 is 1.03 bits per heavy atom. The molecular weight excluding hydrogens is 466 g/mol. The van der Waals surface area contributed by atoms with E-state index in [0.29, 0.717) is 30.1 Å². The van der Waals surface area contributed by atoms with Crippen LogP contribution in [-0.4, -0.2) is 27.0 Å². The number of carbonyl (C=O) groups excluding carboxylic acids is 2. The standard InChI is InChI=1S/C26H23N3O3S2/c1-2-28-21-13-12-20(14-22(21)34-26(28)32)27-24(31)18-8-10-19(11-9-18)25-29(23(30)16-33-25)15-17-6-4-3-5-7-17/h3-14,25H,2,15-16H2,1H3,(H,27,31)/t25-/m0/s1. The van der Waals surface area contributed by atoms with Crippen molar-refractivity contribution in [2.75, 3.05) is 11.1 Å². The molecule has 2 heterocycles. The van der Waals surface area contributed by atoms with Crippen molar-refractivity contribution in [3.05, 3.63) is 99.2 Å². The number of anilines is 1. The summed E-state index contributed by atoms with van der Waals surface area (Å²) in [7, 11) is 0. The molecule has 34 heavy (non-hydrogen) atoms. The number of hydrogen-bond acceptors (Lipinski definition) is 5. The molecule has 0 bridgehead atoms. The number of nitrogens with one attached hydrogen (secondary N) is 1. The molecule has 0 spiro atoms. The second-order valence-corrected chi connectivity index (χ2v) is 10.1. The molecule has 1 N–H and O–H groups in total. The lowest BCUT2D eigenvalue weighted by Crippen LogP contribution is -2.27. The van der Waals surface area contributed by atoms with Gasteiger partial charge >= 0.3 is 4.87 Å². The van der Waals surface area contributed by atoms with Crippen molar-refractivity contribution < 1.29 is 9.59 Å². The van der Waals surface area contributed by atoms with Crippen molar-refractivity contribution in [2.45, 2.75) is 25.4 Å². The van der Waals surface area contributed by atoms with Crippen LogP contribution in [0.25, 0.3) is 10.2 Å². The fourth-order valence-electron chi connectivity index (χ4n) is 4.13. The Kier molecular flexibility index (Phi) is 6.26. The summed E-state index contributed by atoms with van der Waals surface area (Å²) < 4.78 is 2.57. The highest BCUT2D eigenvalue weighted by Crippen LogP contribution is 2.39. The summed E-state index contributed by atoms with van der Waals surface area (Å²) >= 11 is 2.78. The Bertz CT molecular complexity index is 1410. The topological polar surface area (TPSA) is 71.4 Å². The minimum absolute atomic E-state index is 0.00105. The Morgan fingerprint density at radius 2 is 1.79 bits per heavy atom. The number of thioether (sulfide) groups is 1. The molecule has 5 rings (SSSR count). The molecule has 3 aromatic carbocycles. The van der Waals surface area contributed by atoms with Gasteiger partial charge in [0.05, 0.1) is 16.0 Å². The first-order valence-corrected chi connectivity index (χ1v) is 12.9. The molecule has 0 unspecified atom stereocenters. The van der Waals surface area contributed by atoms with Crippen LogP contribution in [0.2, 0.25) is 0 Å². The summed E-state index contributed by atoms with van der Waals surface area (Å²) in [4.78, 5) is 39.3. The van der Waals surface area contributed by atoms with E-state index in [1.165, 1.54) is 11.3 Å². The zero-order valence-electron chi connectivity index (χ0n) is 18.6. The molecule has 0 aliphatic carbocycles. The highest BCUT2D eigenvalue weighted by molar-refractivity contribution is 8.00. The fourth-order valence-corrected chi connectivity index (χ4v) is 6.31. The molecular formula is C26H23N3O3S2. The fraction of sp³-hybridized carbons (Fsp3) is 0.192. The Morgan fingerprint density at radius 3 is 2.53 bits per heavy atom. The minimum atomic E-state index is -0.218. The number of hydrogen-bond donors (Lipinski definition) is 1. The summed E-state index contributed by atoms with van der Waals surface area (Å²) in [5, 5.41) is 2.85. The highest BCUT2D eigenvalue weighted by Gasteiger charge is 2.32. The third kappa shape index (κ3) is 4.38. The summed E-state index contributed by atoms with van der Waals surface area (Å²) in [6, 6.07) is 22.9. The molecule has 0 saturated carbocycles. The van der Waals surface area contributed by atoms with E-state index in [4.69, 9.17) is 0 Å². The van der Waals surface area contributed by atoms with Crippen molar-refractivity contribution in [3.8, 4) is 0 Å². The smallest absolute Gasteiger partial charge is 0.308 e. The number of thiazole rings is 1. The second kappa shape index (κ2) is 9.48. The molecule has 4 aromatic rings. The Balaban J connectivity index is 1.30. The van der Waals surface area contributed by atoms with Gasteiger partial charge in [0.15, 0.2) is 0 Å². The van der Waals surface area contributed by atoms with Crippen LogP contribution in [-0.2, 0) is 17.9 Å². The second-order valence-electron chi connectivity index (χ2n) is 8.04. The van der Waals surface area contributed by atoms with Crippen LogP contribution in [0.1, 0.15) is 33.8 Å². The number of aryl methyl sites for hydroxylation is 1. The number of rotatable bonds is 6. The lowest BCUT2D eigenvalue weighted by molar-refractivity contribution is -0.128. The summed E-state index contributed by atoms with van der Waals surface area (Å²) in [6.07, 6.45) is 0. The van der Waals surface area contributed by atoms with Gasteiger partial charge in [0, 0.05) is 24.3 Å². The van der Waals surface area contributed by atoms with Gasteiger partial charge in [-0.25, -0.2) is 0 Å². The van der Waals surface area contributed by atoms with Gasteiger partial charge in [0.25, 0.3) is 5.91 Å². The van der Waals surface area contributed by atoms with Gasteiger partial charge in [-0.3, -0.25) is 19.0 Å². The van der Waals surface area contributed by atoms with Crippen LogP contribution in [0.3, 0.4) is 0 Å². The van der Waals surface area contributed by atoms with Crippen LogP contribution >= 0.6 is 23.1 Å². The van der Waals surface area contributed by atoms with Gasteiger partial charge in [-0.2, -0.15) is 0 Å². The van der Waals surface area contributed by atoms with E-state index in [2.05, 4.69) is 5.32 Å². The first-order chi connectivity index (χ1) is 16.5. The Hall–Kier alpha value is -3.36. The average Bonchev–Trinajstić information content (AvgIpc) is 3.37. The number of carbonyl (C=O) groups is 2. The van der Waals surface area contributed by atoms with E-state index in [1.807, 2.05) is 72.5 Å². The number of benzene rings is 3. The van der Waals surface area contributed by atoms with Crippen LogP contribution < -0.4 is 10.2 Å². The lowest BCUT2D eigenvalue weighted by atomic mass is 10.1. The molecule has 172 valence electrons. The maximum Gasteiger partial charge on any atom is 0.308 e. The van der Waals surface area contributed by atoms with E-state index in [0.717, 1.165) is 21.3 Å². The molecule has 1 saturated heterocycles. The maximum absolute atomic E-state index is 12.8. The normalized spacial score (nSPS) is 15.7. The van der Waals surface area contributed by atoms with Crippen molar-refractivity contribution in [3.63, 3.8) is 0 Å². The summed E-state index contributed by atoms with van der Waals surface area (Å²) in [6.45, 7) is 3.12. The first kappa shape index (κ1) is 22.4. The first-order valence-electron chi connectivity index (χ1n) is 11.0. The number of aromatic nitrogens is 1. The molecule has 1 aromatic heterocycles. The predicted molar refractivity (Wildman–Crippen MR) is 138 cm³/mol. The van der Waals surface area contributed by atoms with E-state index >= 15 is 0 Å². The van der Waals surface area contributed by atoms with Crippen molar-refractivity contribution in [2.24, 2.45) is 0 Å². The van der Waals surface area contributed by atoms with Gasteiger partial charge in [-0.05, 0) is 48.4 Å². The molecule has 1 fully saturated rings. The van der Waals surface area contributed by atoms with Gasteiger partial charge in [0.1, 0.15) is 5.37 Å². The monoisotopic (exact) mass is 489 g/mol. The number of nitrogens with zero attached hydrogens (tertiary/aromatic N) is 2. The van der Waals surface area contributed by atoms with Crippen LogP contribution in [0.15, 0.2) is 77.6 Å². The molecule has 1 aliphatic heterocycles. The van der Waals surface area contributed by atoms with Gasteiger partial charge in [-0.1, -0.05) is 53.8 Å². The molecule has 1 aliphatic rings. The lowest BCUT2D eigenvalue weighted by Gasteiger charge is -2.24. The quantitative estimate of drug-likeness (QED) is 0.409. The third-order valence-electron chi connectivity index (χ3n) is 5.86. The molecule has 2 amide bonds. The maximum atomic E-state index is 12.8. The van der Waals surface area contributed by atoms with Gasteiger partial charge in [-0.15, -0.1) is 11.8 Å². The van der Waals surface area contributed by atoms with E-state index in [1.54, 1.807) is 28.5 Å². The zero-order chi connectivity index (χ0) is 23.7. The molecule has 0 radical (unpaired) electrons. The van der Waals surface area contributed by atoms with Crippen LogP contribution in [0, 0.1) is 0 Å². The largest absolute Gasteiger partial charge is 0.322 e. The Labute approximate surface area is 205 Å². The van der Waals surface area contributed by atoms with Crippen LogP contribution in [0.4, 0.5) is 5.69 Å². The number of amides is 2. The van der Waals surface area contributed by atoms with E-state index < -0.39 is 0 Å². The van der Waals surface area contributed by atoms with E-state index in [9.17, 15) is 14.4 Å². The average molecular weight is 490 g/mol. The predicted octanol–water partition coefficient (Wildman–Crippen LogP) is 5.11. The van der Waals surface area contributed by atoms with Crippen molar-refractivity contribution >= 4 is 50.8 Å². The van der Waals surface area contributed by atoms with Crippen molar-refractivity contribution in [1.82, 2.24) is 9.47 Å². The summed E-state index contributed by atoms with van der Waals surface area (Å²) in [5.74, 6) is 0.355. The minimum Gasteiger partial charge on any atom is -0.322 e. The van der Waals surface area contributed by atoms with Gasteiger partial charge in [0.2, 0.25) is 5.91 Å². The summed E-state index contributed by atoms with van der Waals surface area (Å²) in [5.41, 5.74) is 4.15. The zero-order valence-corrected chi connectivity index (χ0v) is 20.2. The van der Waals surface area contributed by atoms with Crippen LogP contribution in [0.5, 0.6) is 0 Å². The molecule has 1 atom stereocenters. The number of fused-ring (bicyclic) bond motifs is 1. The van der Waals surface area contributed by atoms with E-state index in [-0.39, 0.29) is 22.1 Å². The third-order valence-corrected chi connectivity index (χ3v) is 8.06. The molecule has 6 nitrogen and oxygen atoms in total. The van der Waals surface area contributed by atoms with Gasteiger partial charge < -0.3 is 10.2 Å². The highest BCUT2D eigenvalue weighted by atomic mass is 32.2. The SMILES string of the molecule is CCn1c(=O)sc2cc(NC(=O)c3ccc([C@@H]4SCC(=O)N4Cc4ccccc4)cc3)ccc21. The van der Waals surface area contributed by atoms with Crippen molar-refractivity contribution in [1.29, 1.82) is 0 Å². The molecule has 8 heteroatoms.